The van der Waals surface area contributed by atoms with Gasteiger partial charge in [-0.1, -0.05) is 6.92 Å². The summed E-state index contributed by atoms with van der Waals surface area (Å²) in [5, 5.41) is 2.92. The van der Waals surface area contributed by atoms with Crippen molar-refractivity contribution in [2.75, 3.05) is 32.8 Å². The van der Waals surface area contributed by atoms with Crippen molar-refractivity contribution in [1.82, 2.24) is 15.2 Å². The highest BCUT2D eigenvalue weighted by Crippen LogP contribution is 2.29. The van der Waals surface area contributed by atoms with Crippen molar-refractivity contribution in [2.45, 2.75) is 32.0 Å². The molecule has 3 N–H and O–H groups in total. The summed E-state index contributed by atoms with van der Waals surface area (Å²) in [6.07, 6.45) is -1.33. The SMILES string of the molecule is CCN1CCCC1CN=C(N)NCCOc1ccc(C(F)(F)F)cn1. The highest BCUT2D eigenvalue weighted by Gasteiger charge is 2.30. The normalized spacial score (nSPS) is 19.2. The van der Waals surface area contributed by atoms with Gasteiger partial charge in [0.1, 0.15) is 6.61 Å². The molecule has 9 heteroatoms. The van der Waals surface area contributed by atoms with Crippen LogP contribution >= 0.6 is 0 Å². The highest BCUT2D eigenvalue weighted by atomic mass is 19.4. The molecule has 1 aliphatic rings. The molecule has 0 radical (unpaired) electrons. The molecule has 25 heavy (non-hydrogen) atoms. The van der Waals surface area contributed by atoms with Crippen LogP contribution in [-0.4, -0.2) is 54.7 Å². The summed E-state index contributed by atoms with van der Waals surface area (Å²) in [5.74, 6) is 0.474. The van der Waals surface area contributed by atoms with E-state index in [2.05, 4.69) is 27.1 Å². The summed E-state index contributed by atoms with van der Waals surface area (Å²) < 4.78 is 42.6. The highest BCUT2D eigenvalue weighted by molar-refractivity contribution is 5.77. The minimum Gasteiger partial charge on any atom is -0.476 e. The van der Waals surface area contributed by atoms with Crippen molar-refractivity contribution in [3.05, 3.63) is 23.9 Å². The zero-order chi connectivity index (χ0) is 18.3. The quantitative estimate of drug-likeness (QED) is 0.442. The van der Waals surface area contributed by atoms with Gasteiger partial charge in [0.05, 0.1) is 18.7 Å². The lowest BCUT2D eigenvalue weighted by atomic mass is 10.2. The number of guanidine groups is 1. The van der Waals surface area contributed by atoms with Gasteiger partial charge in [-0.2, -0.15) is 13.2 Å². The largest absolute Gasteiger partial charge is 0.476 e. The van der Waals surface area contributed by atoms with Gasteiger partial charge in [-0.05, 0) is 32.0 Å². The van der Waals surface area contributed by atoms with E-state index in [9.17, 15) is 13.2 Å². The third kappa shape index (κ3) is 6.08. The summed E-state index contributed by atoms with van der Waals surface area (Å²) in [6.45, 7) is 5.53. The third-order valence-electron chi connectivity index (χ3n) is 4.10. The number of nitrogens with zero attached hydrogens (tertiary/aromatic N) is 3. The van der Waals surface area contributed by atoms with Gasteiger partial charge in [0.15, 0.2) is 5.96 Å². The molecule has 1 fully saturated rings. The van der Waals surface area contributed by atoms with Crippen molar-refractivity contribution in [3.8, 4) is 5.88 Å². The molecule has 1 saturated heterocycles. The molecule has 1 aliphatic heterocycles. The Morgan fingerprint density at radius 2 is 2.28 bits per heavy atom. The Morgan fingerprint density at radius 3 is 2.92 bits per heavy atom. The fourth-order valence-corrected chi connectivity index (χ4v) is 2.75. The molecule has 0 bridgehead atoms. The number of halogens is 3. The average Bonchev–Trinajstić information content (AvgIpc) is 3.04. The second-order valence-electron chi connectivity index (χ2n) is 5.81. The zero-order valence-electron chi connectivity index (χ0n) is 14.2. The fraction of sp³-hybridized carbons (Fsp3) is 0.625. The van der Waals surface area contributed by atoms with Crippen LogP contribution in [0.1, 0.15) is 25.3 Å². The number of pyridine rings is 1. The molecule has 1 atom stereocenters. The number of aromatic nitrogens is 1. The fourth-order valence-electron chi connectivity index (χ4n) is 2.75. The van der Waals surface area contributed by atoms with Crippen molar-refractivity contribution in [3.63, 3.8) is 0 Å². The van der Waals surface area contributed by atoms with Crippen LogP contribution in [-0.2, 0) is 6.18 Å². The van der Waals surface area contributed by atoms with Crippen LogP contribution in [0.5, 0.6) is 5.88 Å². The predicted molar refractivity (Wildman–Crippen MR) is 89.5 cm³/mol. The van der Waals surface area contributed by atoms with E-state index in [4.69, 9.17) is 10.5 Å². The zero-order valence-corrected chi connectivity index (χ0v) is 14.2. The monoisotopic (exact) mass is 359 g/mol. The van der Waals surface area contributed by atoms with Crippen LogP contribution in [0.3, 0.4) is 0 Å². The van der Waals surface area contributed by atoms with E-state index in [1.54, 1.807) is 0 Å². The Morgan fingerprint density at radius 1 is 1.48 bits per heavy atom. The van der Waals surface area contributed by atoms with E-state index < -0.39 is 11.7 Å². The first kappa shape index (κ1) is 19.3. The summed E-state index contributed by atoms with van der Waals surface area (Å²) in [5.41, 5.74) is 5.01. The van der Waals surface area contributed by atoms with Crippen molar-refractivity contribution < 1.29 is 17.9 Å². The summed E-state index contributed by atoms with van der Waals surface area (Å²) in [7, 11) is 0. The van der Waals surface area contributed by atoms with Gasteiger partial charge in [-0.15, -0.1) is 0 Å². The first-order valence-electron chi connectivity index (χ1n) is 8.34. The molecule has 6 nitrogen and oxygen atoms in total. The molecule has 0 saturated carbocycles. The molecular weight excluding hydrogens is 335 g/mol. The molecule has 140 valence electrons. The van der Waals surface area contributed by atoms with E-state index in [0.717, 1.165) is 31.8 Å². The van der Waals surface area contributed by atoms with E-state index >= 15 is 0 Å². The maximum atomic E-state index is 12.4. The Labute approximate surface area is 145 Å². The van der Waals surface area contributed by atoms with Crippen LogP contribution in [0.25, 0.3) is 0 Å². The lowest BCUT2D eigenvalue weighted by Gasteiger charge is -2.20. The minimum atomic E-state index is -4.40. The van der Waals surface area contributed by atoms with E-state index in [1.807, 2.05) is 0 Å². The smallest absolute Gasteiger partial charge is 0.417 e. The van der Waals surface area contributed by atoms with Gasteiger partial charge >= 0.3 is 6.18 Å². The number of rotatable bonds is 7. The van der Waals surface area contributed by atoms with Crippen LogP contribution in [0.15, 0.2) is 23.3 Å². The van der Waals surface area contributed by atoms with Crippen LogP contribution < -0.4 is 15.8 Å². The number of nitrogens with two attached hydrogens (primary N) is 1. The van der Waals surface area contributed by atoms with Gasteiger partial charge in [0, 0.05) is 18.3 Å². The summed E-state index contributed by atoms with van der Waals surface area (Å²) in [4.78, 5) is 10.3. The molecule has 0 aliphatic carbocycles. The standard InChI is InChI=1S/C16H24F3N5O/c1-2-24-8-3-4-13(24)11-23-15(20)21-7-9-25-14-6-5-12(10-22-14)16(17,18)19/h5-6,10,13H,2-4,7-9,11H2,1H3,(H3,20,21,23). The van der Waals surface area contributed by atoms with Gasteiger partial charge in [-0.25, -0.2) is 4.98 Å². The number of likely N-dealkylation sites (tertiary alicyclic amines) is 1. The first-order valence-corrected chi connectivity index (χ1v) is 8.34. The van der Waals surface area contributed by atoms with Gasteiger partial charge in [0.25, 0.3) is 0 Å². The number of ether oxygens (including phenoxy) is 1. The Hall–Kier alpha value is -2.03. The molecular formula is C16H24F3N5O. The molecule has 2 rings (SSSR count). The van der Waals surface area contributed by atoms with Gasteiger partial charge in [0.2, 0.25) is 5.88 Å². The van der Waals surface area contributed by atoms with E-state index in [0.29, 0.717) is 25.1 Å². The topological polar surface area (TPSA) is 75.8 Å². The van der Waals surface area contributed by atoms with E-state index in [-0.39, 0.29) is 12.5 Å². The Balaban J connectivity index is 1.67. The lowest BCUT2D eigenvalue weighted by Crippen LogP contribution is -2.37. The number of hydrogen-bond acceptors (Lipinski definition) is 4. The molecule has 2 heterocycles. The second kappa shape index (κ2) is 8.89. The van der Waals surface area contributed by atoms with Crippen molar-refractivity contribution in [2.24, 2.45) is 10.7 Å². The van der Waals surface area contributed by atoms with Crippen LogP contribution in [0.4, 0.5) is 13.2 Å². The Bertz CT molecular complexity index is 562. The molecule has 0 spiro atoms. The second-order valence-corrected chi connectivity index (χ2v) is 5.81. The maximum Gasteiger partial charge on any atom is 0.417 e. The van der Waals surface area contributed by atoms with Crippen LogP contribution in [0.2, 0.25) is 0 Å². The first-order chi connectivity index (χ1) is 11.9. The minimum absolute atomic E-state index is 0.134. The van der Waals surface area contributed by atoms with Gasteiger partial charge < -0.3 is 15.8 Å². The third-order valence-corrected chi connectivity index (χ3v) is 4.10. The number of alkyl halides is 3. The molecule has 0 amide bonds. The lowest BCUT2D eigenvalue weighted by molar-refractivity contribution is -0.137. The Kier molecular flexibility index (Phi) is 6.86. The number of aliphatic imine (C=N–C) groups is 1. The predicted octanol–water partition coefficient (Wildman–Crippen LogP) is 1.87. The van der Waals surface area contributed by atoms with Gasteiger partial charge in [-0.3, -0.25) is 9.89 Å². The number of hydrogen-bond donors (Lipinski definition) is 2. The van der Waals surface area contributed by atoms with Crippen LogP contribution in [0, 0.1) is 0 Å². The van der Waals surface area contributed by atoms with Crippen molar-refractivity contribution >= 4 is 5.96 Å². The average molecular weight is 359 g/mol. The number of nitrogens with one attached hydrogen (secondary N) is 1. The summed E-state index contributed by atoms with van der Waals surface area (Å²) in [6, 6.07) is 2.57. The summed E-state index contributed by atoms with van der Waals surface area (Å²) >= 11 is 0. The van der Waals surface area contributed by atoms with Crippen molar-refractivity contribution in [1.29, 1.82) is 0 Å². The molecule has 1 aromatic rings. The number of likely N-dealkylation sites (N-methyl/N-ethyl adjacent to an activating group) is 1. The molecule has 0 aromatic carbocycles. The van der Waals surface area contributed by atoms with E-state index in [1.165, 1.54) is 12.5 Å². The maximum absolute atomic E-state index is 12.4. The molecule has 1 aromatic heterocycles. The molecule has 1 unspecified atom stereocenters.